The van der Waals surface area contributed by atoms with Crippen molar-refractivity contribution in [1.29, 1.82) is 0 Å². The number of pyridine rings is 1. The van der Waals surface area contributed by atoms with Crippen LogP contribution in [0.3, 0.4) is 0 Å². The molecule has 2 unspecified atom stereocenters. The van der Waals surface area contributed by atoms with Gasteiger partial charge in [-0.2, -0.15) is 0 Å². The lowest BCUT2D eigenvalue weighted by Crippen LogP contribution is -2.57. The number of thiazole rings is 1. The van der Waals surface area contributed by atoms with Gasteiger partial charge in [0.1, 0.15) is 5.82 Å². The zero-order chi connectivity index (χ0) is 15.7. The average molecular weight is 316 g/mol. The molecule has 5 heteroatoms. The average Bonchev–Trinajstić information content (AvgIpc) is 3.00. The fourth-order valence-corrected chi connectivity index (χ4v) is 4.00. The standard InChI is InChI=1S/C17H24N4S/c1-12(2)15-5-6-16(19-9-15)20-10-13(3)21(14(4)11-20)17-18-7-8-22-17/h5-9,12-14H,10-11H2,1-4H3. The quantitative estimate of drug-likeness (QED) is 0.863. The molecule has 22 heavy (non-hydrogen) atoms. The van der Waals surface area contributed by atoms with E-state index in [9.17, 15) is 0 Å². The molecule has 0 radical (unpaired) electrons. The van der Waals surface area contributed by atoms with Gasteiger partial charge in [0, 0.05) is 42.9 Å². The first-order valence-electron chi connectivity index (χ1n) is 7.95. The number of aromatic nitrogens is 2. The van der Waals surface area contributed by atoms with Gasteiger partial charge in [-0.1, -0.05) is 19.9 Å². The highest BCUT2D eigenvalue weighted by molar-refractivity contribution is 7.13. The lowest BCUT2D eigenvalue weighted by atomic mass is 10.1. The second kappa shape index (κ2) is 6.24. The third-order valence-corrected chi connectivity index (χ3v) is 5.11. The summed E-state index contributed by atoms with van der Waals surface area (Å²) in [6, 6.07) is 5.23. The summed E-state index contributed by atoms with van der Waals surface area (Å²) < 4.78 is 0. The number of nitrogens with zero attached hydrogens (tertiary/aromatic N) is 4. The summed E-state index contributed by atoms with van der Waals surface area (Å²) in [6.07, 6.45) is 3.90. The maximum absolute atomic E-state index is 4.67. The Morgan fingerprint density at radius 2 is 1.86 bits per heavy atom. The summed E-state index contributed by atoms with van der Waals surface area (Å²) in [7, 11) is 0. The molecule has 1 fully saturated rings. The third-order valence-electron chi connectivity index (χ3n) is 4.32. The molecule has 0 amide bonds. The van der Waals surface area contributed by atoms with Gasteiger partial charge in [0.25, 0.3) is 0 Å². The predicted octanol–water partition coefficient (Wildman–Crippen LogP) is 3.77. The van der Waals surface area contributed by atoms with Gasteiger partial charge in [-0.05, 0) is 31.4 Å². The summed E-state index contributed by atoms with van der Waals surface area (Å²) in [5.74, 6) is 1.61. The first-order valence-corrected chi connectivity index (χ1v) is 8.83. The molecule has 1 aliphatic heterocycles. The van der Waals surface area contributed by atoms with Crippen molar-refractivity contribution in [3.8, 4) is 0 Å². The molecular weight excluding hydrogens is 292 g/mol. The van der Waals surface area contributed by atoms with Crippen molar-refractivity contribution < 1.29 is 0 Å². The maximum atomic E-state index is 4.67. The van der Waals surface area contributed by atoms with Crippen LogP contribution in [0, 0.1) is 0 Å². The fourth-order valence-electron chi connectivity index (χ4n) is 3.16. The summed E-state index contributed by atoms with van der Waals surface area (Å²) in [5.41, 5.74) is 1.30. The zero-order valence-electron chi connectivity index (χ0n) is 13.7. The molecule has 118 valence electrons. The zero-order valence-corrected chi connectivity index (χ0v) is 14.5. The Morgan fingerprint density at radius 3 is 2.36 bits per heavy atom. The monoisotopic (exact) mass is 316 g/mol. The molecule has 1 aliphatic rings. The number of hydrogen-bond acceptors (Lipinski definition) is 5. The van der Waals surface area contributed by atoms with Crippen LogP contribution >= 0.6 is 11.3 Å². The normalized spacial score (nSPS) is 22.4. The van der Waals surface area contributed by atoms with Crippen LogP contribution in [0.15, 0.2) is 29.9 Å². The van der Waals surface area contributed by atoms with Crippen molar-refractivity contribution in [3.05, 3.63) is 35.5 Å². The smallest absolute Gasteiger partial charge is 0.185 e. The van der Waals surface area contributed by atoms with Crippen molar-refractivity contribution in [3.63, 3.8) is 0 Å². The molecule has 4 nitrogen and oxygen atoms in total. The lowest BCUT2D eigenvalue weighted by Gasteiger charge is -2.44. The highest BCUT2D eigenvalue weighted by Crippen LogP contribution is 2.28. The molecule has 2 atom stereocenters. The van der Waals surface area contributed by atoms with Crippen LogP contribution in [-0.2, 0) is 0 Å². The van der Waals surface area contributed by atoms with E-state index in [1.165, 1.54) is 5.56 Å². The minimum atomic E-state index is 0.432. The Bertz CT molecular complexity index is 582. The Hall–Kier alpha value is -1.62. The minimum Gasteiger partial charge on any atom is -0.353 e. The number of anilines is 2. The van der Waals surface area contributed by atoms with Crippen LogP contribution in [0.4, 0.5) is 10.9 Å². The van der Waals surface area contributed by atoms with Gasteiger partial charge in [-0.3, -0.25) is 0 Å². The molecule has 0 N–H and O–H groups in total. The highest BCUT2D eigenvalue weighted by Gasteiger charge is 2.31. The number of hydrogen-bond donors (Lipinski definition) is 0. The minimum absolute atomic E-state index is 0.432. The summed E-state index contributed by atoms with van der Waals surface area (Å²) >= 11 is 1.72. The second-order valence-electron chi connectivity index (χ2n) is 6.43. The van der Waals surface area contributed by atoms with Crippen LogP contribution in [0.2, 0.25) is 0 Å². The highest BCUT2D eigenvalue weighted by atomic mass is 32.1. The van der Waals surface area contributed by atoms with E-state index in [4.69, 9.17) is 0 Å². The third kappa shape index (κ3) is 2.95. The molecule has 3 rings (SSSR count). The molecule has 0 spiro atoms. The van der Waals surface area contributed by atoms with Gasteiger partial charge in [0.05, 0.1) is 0 Å². The van der Waals surface area contributed by atoms with Crippen molar-refractivity contribution in [1.82, 2.24) is 9.97 Å². The molecule has 2 aromatic heterocycles. The molecule has 3 heterocycles. The molecular formula is C17H24N4S. The van der Waals surface area contributed by atoms with E-state index in [-0.39, 0.29) is 0 Å². The van der Waals surface area contributed by atoms with Crippen molar-refractivity contribution in [2.75, 3.05) is 22.9 Å². The lowest BCUT2D eigenvalue weighted by molar-refractivity contribution is 0.472. The summed E-state index contributed by atoms with van der Waals surface area (Å²) in [6.45, 7) is 10.9. The number of rotatable bonds is 3. The van der Waals surface area contributed by atoms with E-state index in [2.05, 4.69) is 59.6 Å². The van der Waals surface area contributed by atoms with Gasteiger partial charge >= 0.3 is 0 Å². The van der Waals surface area contributed by atoms with Gasteiger partial charge in [-0.15, -0.1) is 11.3 Å². The Kier molecular flexibility index (Phi) is 4.34. The van der Waals surface area contributed by atoms with Crippen LogP contribution < -0.4 is 9.80 Å². The predicted molar refractivity (Wildman–Crippen MR) is 94.1 cm³/mol. The molecule has 0 saturated carbocycles. The summed E-state index contributed by atoms with van der Waals surface area (Å²) in [4.78, 5) is 14.0. The van der Waals surface area contributed by atoms with E-state index < -0.39 is 0 Å². The van der Waals surface area contributed by atoms with E-state index in [1.807, 2.05) is 17.8 Å². The topological polar surface area (TPSA) is 32.3 Å². The van der Waals surface area contributed by atoms with E-state index in [1.54, 1.807) is 11.3 Å². The first-order chi connectivity index (χ1) is 10.6. The van der Waals surface area contributed by atoms with E-state index in [0.29, 0.717) is 18.0 Å². The summed E-state index contributed by atoms with van der Waals surface area (Å²) in [5, 5.41) is 3.18. The Labute approximate surface area is 136 Å². The molecule has 0 bridgehead atoms. The van der Waals surface area contributed by atoms with Crippen molar-refractivity contribution >= 4 is 22.3 Å². The van der Waals surface area contributed by atoms with Crippen molar-refractivity contribution in [2.45, 2.75) is 45.7 Å². The van der Waals surface area contributed by atoms with Crippen LogP contribution in [0.1, 0.15) is 39.2 Å². The van der Waals surface area contributed by atoms with Gasteiger partial charge < -0.3 is 9.80 Å². The molecule has 1 saturated heterocycles. The Balaban J connectivity index is 1.75. The Morgan fingerprint density at radius 1 is 1.14 bits per heavy atom. The van der Waals surface area contributed by atoms with Gasteiger partial charge in [0.15, 0.2) is 5.13 Å². The van der Waals surface area contributed by atoms with Crippen LogP contribution in [0.25, 0.3) is 0 Å². The van der Waals surface area contributed by atoms with Crippen LogP contribution in [0.5, 0.6) is 0 Å². The fraction of sp³-hybridized carbons (Fsp3) is 0.529. The molecule has 2 aromatic rings. The van der Waals surface area contributed by atoms with E-state index in [0.717, 1.165) is 24.0 Å². The molecule has 0 aromatic carbocycles. The maximum Gasteiger partial charge on any atom is 0.185 e. The van der Waals surface area contributed by atoms with Crippen molar-refractivity contribution in [2.24, 2.45) is 0 Å². The van der Waals surface area contributed by atoms with E-state index >= 15 is 0 Å². The second-order valence-corrected chi connectivity index (χ2v) is 7.30. The first kappa shape index (κ1) is 15.3. The van der Waals surface area contributed by atoms with Crippen LogP contribution in [-0.4, -0.2) is 35.1 Å². The largest absolute Gasteiger partial charge is 0.353 e. The van der Waals surface area contributed by atoms with Gasteiger partial charge in [0.2, 0.25) is 0 Å². The van der Waals surface area contributed by atoms with Gasteiger partial charge in [-0.25, -0.2) is 9.97 Å². The SMILES string of the molecule is CC(C)c1ccc(N2CC(C)N(c3nccs3)C(C)C2)nc1. The molecule has 0 aliphatic carbocycles. The number of piperazine rings is 1.